The minimum atomic E-state index is 0.220. The molecule has 1 heterocycles. The lowest BCUT2D eigenvalue weighted by molar-refractivity contribution is -0.123. The zero-order valence-corrected chi connectivity index (χ0v) is 11.3. The summed E-state index contributed by atoms with van der Waals surface area (Å²) >= 11 is 0. The molecule has 0 aromatic rings. The van der Waals surface area contributed by atoms with Crippen molar-refractivity contribution in [3.8, 4) is 0 Å². The molecule has 2 aliphatic rings. The van der Waals surface area contributed by atoms with Gasteiger partial charge in [0.2, 0.25) is 0 Å². The topological polar surface area (TPSA) is 26.3 Å². The second kappa shape index (κ2) is 4.83. The number of ketones is 1. The zero-order valence-electron chi connectivity index (χ0n) is 11.3. The van der Waals surface area contributed by atoms with Crippen molar-refractivity contribution in [2.75, 3.05) is 6.61 Å². The summed E-state index contributed by atoms with van der Waals surface area (Å²) in [6.07, 6.45) is 7.32. The molecule has 0 N–H and O–H groups in total. The standard InChI is InChI=1S/C15H24O2/c1-15(2,3)12-8-6-11(7-9-12)14(16)13-5-4-10-17-13/h5,11-12H,4,6-10H2,1-3H3. The summed E-state index contributed by atoms with van der Waals surface area (Å²) in [5.41, 5.74) is 0.386. The molecule has 0 radical (unpaired) electrons. The van der Waals surface area contributed by atoms with Crippen LogP contribution in [-0.2, 0) is 9.53 Å². The monoisotopic (exact) mass is 236 g/mol. The quantitative estimate of drug-likeness (QED) is 0.730. The fraction of sp³-hybridized carbons (Fsp3) is 0.800. The molecule has 0 spiro atoms. The third kappa shape index (κ3) is 2.91. The average Bonchev–Trinajstić information content (AvgIpc) is 2.80. The number of hydrogen-bond acceptors (Lipinski definition) is 2. The van der Waals surface area contributed by atoms with Crippen molar-refractivity contribution in [3.05, 3.63) is 11.8 Å². The molecule has 0 saturated heterocycles. The van der Waals surface area contributed by atoms with Crippen molar-refractivity contribution in [1.29, 1.82) is 0 Å². The molecule has 1 aliphatic heterocycles. The van der Waals surface area contributed by atoms with Crippen molar-refractivity contribution in [1.82, 2.24) is 0 Å². The lowest BCUT2D eigenvalue weighted by atomic mass is 9.69. The summed E-state index contributed by atoms with van der Waals surface area (Å²) in [5, 5.41) is 0. The lowest BCUT2D eigenvalue weighted by Crippen LogP contribution is -2.29. The third-order valence-electron chi connectivity index (χ3n) is 4.27. The molecule has 2 nitrogen and oxygen atoms in total. The summed E-state index contributed by atoms with van der Waals surface area (Å²) in [6.45, 7) is 7.62. The highest BCUT2D eigenvalue weighted by atomic mass is 16.5. The number of ether oxygens (including phenoxy) is 1. The molecule has 17 heavy (non-hydrogen) atoms. The highest BCUT2D eigenvalue weighted by Crippen LogP contribution is 2.40. The summed E-state index contributed by atoms with van der Waals surface area (Å²) < 4.78 is 5.37. The molecule has 0 aromatic heterocycles. The highest BCUT2D eigenvalue weighted by Gasteiger charge is 2.34. The number of rotatable bonds is 2. The maximum absolute atomic E-state index is 12.2. The van der Waals surface area contributed by atoms with Gasteiger partial charge in [0.25, 0.3) is 0 Å². The molecule has 96 valence electrons. The van der Waals surface area contributed by atoms with Crippen LogP contribution in [0.4, 0.5) is 0 Å². The summed E-state index contributed by atoms with van der Waals surface area (Å²) in [6, 6.07) is 0. The predicted molar refractivity (Wildman–Crippen MR) is 68.6 cm³/mol. The smallest absolute Gasteiger partial charge is 0.200 e. The second-order valence-electron chi connectivity index (χ2n) is 6.48. The third-order valence-corrected chi connectivity index (χ3v) is 4.27. The normalized spacial score (nSPS) is 29.7. The Bertz CT molecular complexity index is 314. The van der Waals surface area contributed by atoms with Crippen LogP contribution in [0.15, 0.2) is 11.8 Å². The van der Waals surface area contributed by atoms with E-state index in [9.17, 15) is 4.79 Å². The summed E-state index contributed by atoms with van der Waals surface area (Å²) in [5.74, 6) is 1.89. The van der Waals surface area contributed by atoms with Gasteiger partial charge in [0.05, 0.1) is 6.61 Å². The van der Waals surface area contributed by atoms with E-state index in [1.807, 2.05) is 6.08 Å². The fourth-order valence-electron chi connectivity index (χ4n) is 3.01. The van der Waals surface area contributed by atoms with Gasteiger partial charge in [-0.3, -0.25) is 4.79 Å². The average molecular weight is 236 g/mol. The van der Waals surface area contributed by atoms with Crippen molar-refractivity contribution >= 4 is 5.78 Å². The van der Waals surface area contributed by atoms with Crippen LogP contribution in [-0.4, -0.2) is 12.4 Å². The first-order chi connectivity index (χ1) is 7.98. The van der Waals surface area contributed by atoms with Gasteiger partial charge in [-0.1, -0.05) is 20.8 Å². The van der Waals surface area contributed by atoms with E-state index in [4.69, 9.17) is 4.74 Å². The SMILES string of the molecule is CC(C)(C)C1CCC(C(=O)C2=CCCO2)CC1. The molecule has 2 heteroatoms. The summed E-state index contributed by atoms with van der Waals surface area (Å²) in [7, 11) is 0. The van der Waals surface area contributed by atoms with Crippen LogP contribution in [0.5, 0.6) is 0 Å². The Labute approximate surface area is 104 Å². The maximum atomic E-state index is 12.2. The first-order valence-corrected chi connectivity index (χ1v) is 6.85. The number of carbonyl (C=O) groups is 1. The molecular weight excluding hydrogens is 212 g/mol. The van der Waals surface area contributed by atoms with Crippen LogP contribution in [0, 0.1) is 17.3 Å². The van der Waals surface area contributed by atoms with E-state index < -0.39 is 0 Å². The molecule has 1 saturated carbocycles. The van der Waals surface area contributed by atoms with Crippen LogP contribution in [0.2, 0.25) is 0 Å². The van der Waals surface area contributed by atoms with E-state index in [1.54, 1.807) is 0 Å². The molecule has 1 fully saturated rings. The van der Waals surface area contributed by atoms with Crippen LogP contribution < -0.4 is 0 Å². The molecular formula is C15H24O2. The molecule has 2 rings (SSSR count). The highest BCUT2D eigenvalue weighted by molar-refractivity contribution is 5.95. The molecule has 0 aromatic carbocycles. The second-order valence-corrected chi connectivity index (χ2v) is 6.48. The Morgan fingerprint density at radius 3 is 2.35 bits per heavy atom. The van der Waals surface area contributed by atoms with Gasteiger partial charge >= 0.3 is 0 Å². The first-order valence-electron chi connectivity index (χ1n) is 6.85. The van der Waals surface area contributed by atoms with E-state index in [0.29, 0.717) is 17.8 Å². The van der Waals surface area contributed by atoms with Crippen LogP contribution in [0.3, 0.4) is 0 Å². The van der Waals surface area contributed by atoms with Gasteiger partial charge in [-0.2, -0.15) is 0 Å². The predicted octanol–water partition coefficient (Wildman–Crippen LogP) is 3.71. The molecule has 1 aliphatic carbocycles. The largest absolute Gasteiger partial charge is 0.490 e. The van der Waals surface area contributed by atoms with E-state index in [-0.39, 0.29) is 11.7 Å². The van der Waals surface area contributed by atoms with E-state index in [0.717, 1.165) is 25.2 Å². The van der Waals surface area contributed by atoms with E-state index in [1.165, 1.54) is 12.8 Å². The van der Waals surface area contributed by atoms with Gasteiger partial charge in [0.1, 0.15) is 0 Å². The molecule has 0 bridgehead atoms. The van der Waals surface area contributed by atoms with Gasteiger partial charge in [-0.25, -0.2) is 0 Å². The number of carbonyl (C=O) groups excluding carboxylic acids is 1. The Morgan fingerprint density at radius 1 is 1.24 bits per heavy atom. The van der Waals surface area contributed by atoms with Crippen LogP contribution >= 0.6 is 0 Å². The maximum Gasteiger partial charge on any atom is 0.200 e. The van der Waals surface area contributed by atoms with Crippen molar-refractivity contribution in [3.63, 3.8) is 0 Å². The van der Waals surface area contributed by atoms with E-state index in [2.05, 4.69) is 20.8 Å². The summed E-state index contributed by atoms with van der Waals surface area (Å²) in [4.78, 5) is 12.2. The minimum absolute atomic E-state index is 0.220. The Morgan fingerprint density at radius 2 is 1.88 bits per heavy atom. The van der Waals surface area contributed by atoms with Crippen LogP contribution in [0.1, 0.15) is 52.9 Å². The Kier molecular flexibility index (Phi) is 3.60. The van der Waals surface area contributed by atoms with Crippen molar-refractivity contribution in [2.45, 2.75) is 52.9 Å². The van der Waals surface area contributed by atoms with Gasteiger partial charge in [-0.05, 0) is 43.1 Å². The number of allylic oxidation sites excluding steroid dienone is 1. The van der Waals surface area contributed by atoms with Crippen LogP contribution in [0.25, 0.3) is 0 Å². The van der Waals surface area contributed by atoms with Gasteiger partial charge in [-0.15, -0.1) is 0 Å². The van der Waals surface area contributed by atoms with Gasteiger partial charge in [0.15, 0.2) is 11.5 Å². The lowest BCUT2D eigenvalue weighted by Gasteiger charge is -2.36. The fourth-order valence-corrected chi connectivity index (χ4v) is 3.01. The Hall–Kier alpha value is -0.790. The molecule has 0 atom stereocenters. The number of Topliss-reactive ketones (excluding diaryl/α,β-unsaturated/α-hetero) is 1. The molecule has 0 unspecified atom stereocenters. The Balaban J connectivity index is 1.89. The van der Waals surface area contributed by atoms with Crippen molar-refractivity contribution in [2.24, 2.45) is 17.3 Å². The van der Waals surface area contributed by atoms with Gasteiger partial charge in [0, 0.05) is 12.3 Å². The van der Waals surface area contributed by atoms with Crippen molar-refractivity contribution < 1.29 is 9.53 Å². The number of hydrogen-bond donors (Lipinski definition) is 0. The van der Waals surface area contributed by atoms with E-state index >= 15 is 0 Å². The van der Waals surface area contributed by atoms with Gasteiger partial charge < -0.3 is 4.74 Å². The zero-order chi connectivity index (χ0) is 12.5. The molecule has 0 amide bonds. The minimum Gasteiger partial charge on any atom is -0.490 e. The first kappa shape index (κ1) is 12.7.